The average Bonchev–Trinajstić information content (AvgIpc) is 2.19. The lowest BCUT2D eigenvalue weighted by molar-refractivity contribution is -0.120. The number of hydrogen-bond acceptors (Lipinski definition) is 2. The fourth-order valence-electron chi connectivity index (χ4n) is 2.00. The van der Waals surface area contributed by atoms with Crippen LogP contribution in [0.15, 0.2) is 18.3 Å². The molecule has 1 atom stereocenters. The summed E-state index contributed by atoms with van der Waals surface area (Å²) in [4.78, 5) is 15.7. The Morgan fingerprint density at radius 1 is 1.43 bits per heavy atom. The van der Waals surface area contributed by atoms with Gasteiger partial charge in [-0.05, 0) is 31.4 Å². The predicted molar refractivity (Wildman–Crippen MR) is 55.2 cm³/mol. The first-order chi connectivity index (χ1) is 6.75. The fraction of sp³-hybridized carbons (Fsp3) is 0.500. The van der Waals surface area contributed by atoms with E-state index < -0.39 is 0 Å². The highest BCUT2D eigenvalue weighted by Gasteiger charge is 2.21. The van der Waals surface area contributed by atoms with E-state index >= 15 is 0 Å². The van der Waals surface area contributed by atoms with Crippen LogP contribution in [0, 0.1) is 6.92 Å². The number of pyridine rings is 1. The molecule has 1 aromatic heterocycles. The zero-order valence-electron chi connectivity index (χ0n) is 8.49. The Hall–Kier alpha value is -1.18. The van der Waals surface area contributed by atoms with Crippen LogP contribution in [0.2, 0.25) is 0 Å². The summed E-state index contributed by atoms with van der Waals surface area (Å²) in [6.45, 7) is 2.03. The molecule has 1 fully saturated rings. The lowest BCUT2D eigenvalue weighted by atomic mass is 9.86. The number of aromatic nitrogens is 1. The van der Waals surface area contributed by atoms with Crippen molar-refractivity contribution in [3.05, 3.63) is 29.6 Å². The van der Waals surface area contributed by atoms with Gasteiger partial charge in [-0.3, -0.25) is 9.78 Å². The monoisotopic (exact) mass is 189 g/mol. The number of nitrogens with zero attached hydrogens (tertiary/aromatic N) is 1. The van der Waals surface area contributed by atoms with Gasteiger partial charge in [-0.15, -0.1) is 0 Å². The van der Waals surface area contributed by atoms with Crippen molar-refractivity contribution in [1.29, 1.82) is 0 Å². The number of hydrogen-bond donors (Lipinski definition) is 0. The molecule has 74 valence electrons. The number of carbonyl (C=O) groups is 1. The maximum Gasteiger partial charge on any atom is 0.133 e. The maximum atomic E-state index is 11.3. The zero-order valence-corrected chi connectivity index (χ0v) is 8.49. The highest BCUT2D eigenvalue weighted by atomic mass is 16.1. The molecule has 1 saturated carbocycles. The van der Waals surface area contributed by atoms with E-state index in [0.29, 0.717) is 18.1 Å². The molecular formula is C12H15NO. The van der Waals surface area contributed by atoms with E-state index in [1.807, 2.05) is 13.1 Å². The Kier molecular flexibility index (Phi) is 2.62. The smallest absolute Gasteiger partial charge is 0.133 e. The quantitative estimate of drug-likeness (QED) is 0.679. The normalized spacial score (nSPS) is 22.4. The van der Waals surface area contributed by atoms with Gasteiger partial charge in [0, 0.05) is 30.7 Å². The molecule has 1 aromatic rings. The van der Waals surface area contributed by atoms with E-state index in [1.165, 1.54) is 5.56 Å². The van der Waals surface area contributed by atoms with Crippen LogP contribution >= 0.6 is 0 Å². The van der Waals surface area contributed by atoms with Crippen molar-refractivity contribution in [2.24, 2.45) is 0 Å². The molecule has 1 heterocycles. The van der Waals surface area contributed by atoms with Crippen LogP contribution in [0.3, 0.4) is 0 Å². The molecule has 0 saturated heterocycles. The minimum absolute atomic E-state index is 0.372. The van der Waals surface area contributed by atoms with Gasteiger partial charge in [0.05, 0.1) is 0 Å². The third-order valence-corrected chi connectivity index (χ3v) is 2.83. The molecule has 1 unspecified atom stereocenters. The fourth-order valence-corrected chi connectivity index (χ4v) is 2.00. The van der Waals surface area contributed by atoms with Crippen LogP contribution in [-0.2, 0) is 4.79 Å². The summed E-state index contributed by atoms with van der Waals surface area (Å²) >= 11 is 0. The first-order valence-corrected chi connectivity index (χ1v) is 5.20. The Morgan fingerprint density at radius 3 is 2.93 bits per heavy atom. The van der Waals surface area contributed by atoms with E-state index in [0.717, 1.165) is 25.0 Å². The SMILES string of the molecule is Cc1ccc(C2CCCC(=O)C2)nc1. The third-order valence-electron chi connectivity index (χ3n) is 2.83. The van der Waals surface area contributed by atoms with E-state index in [1.54, 1.807) is 0 Å². The highest BCUT2D eigenvalue weighted by Crippen LogP contribution is 2.29. The second-order valence-electron chi connectivity index (χ2n) is 4.09. The minimum atomic E-state index is 0.372. The first kappa shape index (κ1) is 9.38. The van der Waals surface area contributed by atoms with E-state index in [9.17, 15) is 4.79 Å². The Balaban J connectivity index is 2.14. The highest BCUT2D eigenvalue weighted by molar-refractivity contribution is 5.79. The largest absolute Gasteiger partial charge is 0.300 e. The molecule has 0 aromatic carbocycles. The molecular weight excluding hydrogens is 174 g/mol. The standard InChI is InChI=1S/C12H15NO/c1-9-5-6-12(13-8-9)10-3-2-4-11(14)7-10/h5-6,8,10H,2-4,7H2,1H3. The second kappa shape index (κ2) is 3.91. The van der Waals surface area contributed by atoms with Crippen LogP contribution < -0.4 is 0 Å². The lowest BCUT2D eigenvalue weighted by Crippen LogP contribution is -2.14. The molecule has 0 amide bonds. The molecule has 2 rings (SSSR count). The van der Waals surface area contributed by atoms with Gasteiger partial charge < -0.3 is 0 Å². The van der Waals surface area contributed by atoms with E-state index in [-0.39, 0.29) is 0 Å². The van der Waals surface area contributed by atoms with Crippen LogP contribution in [0.4, 0.5) is 0 Å². The van der Waals surface area contributed by atoms with Gasteiger partial charge in [0.15, 0.2) is 0 Å². The van der Waals surface area contributed by atoms with Gasteiger partial charge in [-0.25, -0.2) is 0 Å². The van der Waals surface area contributed by atoms with Crippen molar-refractivity contribution in [2.75, 3.05) is 0 Å². The number of aryl methyl sites for hydroxylation is 1. The molecule has 2 nitrogen and oxygen atoms in total. The van der Waals surface area contributed by atoms with Crippen LogP contribution in [0.25, 0.3) is 0 Å². The average molecular weight is 189 g/mol. The van der Waals surface area contributed by atoms with Crippen LogP contribution in [0.5, 0.6) is 0 Å². The van der Waals surface area contributed by atoms with Gasteiger partial charge in [0.2, 0.25) is 0 Å². The number of ketones is 1. The van der Waals surface area contributed by atoms with Gasteiger partial charge in [0.1, 0.15) is 5.78 Å². The Morgan fingerprint density at radius 2 is 2.29 bits per heavy atom. The van der Waals surface area contributed by atoms with E-state index in [2.05, 4.69) is 17.1 Å². The first-order valence-electron chi connectivity index (χ1n) is 5.20. The van der Waals surface area contributed by atoms with Crippen molar-refractivity contribution in [1.82, 2.24) is 4.98 Å². The topological polar surface area (TPSA) is 30.0 Å². The molecule has 0 N–H and O–H groups in total. The zero-order chi connectivity index (χ0) is 9.97. The van der Waals surface area contributed by atoms with Gasteiger partial charge in [0.25, 0.3) is 0 Å². The van der Waals surface area contributed by atoms with Gasteiger partial charge in [-0.1, -0.05) is 6.07 Å². The van der Waals surface area contributed by atoms with Crippen molar-refractivity contribution in [3.8, 4) is 0 Å². The van der Waals surface area contributed by atoms with Crippen LogP contribution in [-0.4, -0.2) is 10.8 Å². The molecule has 14 heavy (non-hydrogen) atoms. The molecule has 2 heteroatoms. The summed E-state index contributed by atoms with van der Waals surface area (Å²) in [6.07, 6.45) is 5.48. The summed E-state index contributed by atoms with van der Waals surface area (Å²) < 4.78 is 0. The molecule has 0 aliphatic heterocycles. The summed E-state index contributed by atoms with van der Waals surface area (Å²) in [5.41, 5.74) is 2.26. The van der Waals surface area contributed by atoms with Crippen molar-refractivity contribution >= 4 is 5.78 Å². The summed E-state index contributed by atoms with van der Waals surface area (Å²) in [5.74, 6) is 0.764. The number of carbonyl (C=O) groups excluding carboxylic acids is 1. The minimum Gasteiger partial charge on any atom is -0.300 e. The third kappa shape index (κ3) is 2.00. The maximum absolute atomic E-state index is 11.3. The molecule has 1 aliphatic rings. The summed E-state index contributed by atoms with van der Waals surface area (Å²) in [5, 5.41) is 0. The predicted octanol–water partition coefficient (Wildman–Crippen LogP) is 2.62. The van der Waals surface area contributed by atoms with Crippen molar-refractivity contribution in [3.63, 3.8) is 0 Å². The molecule has 1 aliphatic carbocycles. The lowest BCUT2D eigenvalue weighted by Gasteiger charge is -2.20. The molecule has 0 spiro atoms. The van der Waals surface area contributed by atoms with Crippen LogP contribution in [0.1, 0.15) is 42.9 Å². The summed E-state index contributed by atoms with van der Waals surface area (Å²) in [6, 6.07) is 4.13. The van der Waals surface area contributed by atoms with Crippen molar-refractivity contribution in [2.45, 2.75) is 38.5 Å². The van der Waals surface area contributed by atoms with E-state index in [4.69, 9.17) is 0 Å². The summed E-state index contributed by atoms with van der Waals surface area (Å²) in [7, 11) is 0. The van der Waals surface area contributed by atoms with Crippen molar-refractivity contribution < 1.29 is 4.79 Å². The number of Topliss-reactive ketones (excluding diaryl/α,β-unsaturated/α-hetero) is 1. The Bertz CT molecular complexity index is 329. The second-order valence-corrected chi connectivity index (χ2v) is 4.09. The Labute approximate surface area is 84.4 Å². The molecule has 0 radical (unpaired) electrons. The van der Waals surface area contributed by atoms with Gasteiger partial charge >= 0.3 is 0 Å². The number of rotatable bonds is 1. The van der Waals surface area contributed by atoms with Gasteiger partial charge in [-0.2, -0.15) is 0 Å². The molecule has 0 bridgehead atoms.